The summed E-state index contributed by atoms with van der Waals surface area (Å²) < 4.78 is 4.91. The fourth-order valence-corrected chi connectivity index (χ4v) is 16.6. The summed E-state index contributed by atoms with van der Waals surface area (Å²) in [5.41, 5.74) is 10.3. The SMILES string of the molecule is c1ccc(-n2c3ccc(N(c4cc5ccc6cccc7c6c5c(c4)n7-c4ccccc4)c4cccc5ccccc45)cc3c3cc([Si](c4ccccc4)(c4ccccc4)c4ccccc4)ccc32)cc1. The molecule has 0 aliphatic carbocycles. The minimum atomic E-state index is -2.85. The van der Waals surface area contributed by atoms with Gasteiger partial charge in [-0.2, -0.15) is 0 Å². The summed E-state index contributed by atoms with van der Waals surface area (Å²) in [6.07, 6.45) is 0. The van der Waals surface area contributed by atoms with Gasteiger partial charge in [0.1, 0.15) is 0 Å². The van der Waals surface area contributed by atoms with Crippen molar-refractivity contribution in [2.24, 2.45) is 0 Å². The van der Waals surface area contributed by atoms with Crippen molar-refractivity contribution in [2.75, 3.05) is 4.90 Å². The van der Waals surface area contributed by atoms with Crippen LogP contribution in [-0.2, 0) is 0 Å². The average molecular weight is 908 g/mol. The molecule has 0 fully saturated rings. The van der Waals surface area contributed by atoms with Gasteiger partial charge in [-0.1, -0.05) is 200 Å². The Balaban J connectivity index is 1.08. The molecular formula is C66H45N3Si. The molecule has 0 radical (unpaired) electrons. The van der Waals surface area contributed by atoms with Crippen LogP contribution in [0.1, 0.15) is 0 Å². The molecule has 4 heteroatoms. The lowest BCUT2D eigenvalue weighted by Crippen LogP contribution is -2.74. The van der Waals surface area contributed by atoms with Gasteiger partial charge in [0.15, 0.2) is 8.07 Å². The van der Waals surface area contributed by atoms with Gasteiger partial charge in [0.05, 0.1) is 27.8 Å². The van der Waals surface area contributed by atoms with E-state index in [1.54, 1.807) is 0 Å². The van der Waals surface area contributed by atoms with Gasteiger partial charge in [0, 0.05) is 49.7 Å². The highest BCUT2D eigenvalue weighted by Gasteiger charge is 2.41. The van der Waals surface area contributed by atoms with E-state index in [-0.39, 0.29) is 0 Å². The van der Waals surface area contributed by atoms with Crippen LogP contribution in [0.15, 0.2) is 273 Å². The zero-order chi connectivity index (χ0) is 46.2. The van der Waals surface area contributed by atoms with Crippen molar-refractivity contribution in [1.82, 2.24) is 9.13 Å². The summed E-state index contributed by atoms with van der Waals surface area (Å²) in [5.74, 6) is 0. The highest BCUT2D eigenvalue weighted by molar-refractivity contribution is 7.20. The van der Waals surface area contributed by atoms with Crippen LogP contribution in [0.3, 0.4) is 0 Å². The van der Waals surface area contributed by atoms with E-state index in [4.69, 9.17) is 0 Å². The summed E-state index contributed by atoms with van der Waals surface area (Å²) >= 11 is 0. The van der Waals surface area contributed by atoms with Crippen LogP contribution in [0.25, 0.3) is 76.5 Å². The zero-order valence-corrected chi connectivity index (χ0v) is 39.3. The van der Waals surface area contributed by atoms with E-state index in [0.717, 1.165) is 34.0 Å². The summed E-state index contributed by atoms with van der Waals surface area (Å²) in [6.45, 7) is 0. The molecule has 0 N–H and O–H groups in total. The molecule has 12 aromatic carbocycles. The number of benzene rings is 12. The minimum absolute atomic E-state index is 1.09. The largest absolute Gasteiger partial charge is 0.310 e. The third-order valence-electron chi connectivity index (χ3n) is 14.7. The summed E-state index contributed by atoms with van der Waals surface area (Å²) in [5, 5.41) is 15.3. The molecule has 0 bridgehead atoms. The number of fused-ring (bicyclic) bond motifs is 4. The van der Waals surface area contributed by atoms with Crippen molar-refractivity contribution in [3.8, 4) is 11.4 Å². The molecule has 328 valence electrons. The number of anilines is 3. The highest BCUT2D eigenvalue weighted by Crippen LogP contribution is 2.46. The molecule has 2 aromatic heterocycles. The molecule has 0 unspecified atom stereocenters. The van der Waals surface area contributed by atoms with Gasteiger partial charge in [-0.05, 0) is 110 Å². The smallest absolute Gasteiger partial charge is 0.179 e. The maximum Gasteiger partial charge on any atom is 0.179 e. The molecule has 0 aliphatic rings. The monoisotopic (exact) mass is 907 g/mol. The Morgan fingerprint density at radius 2 is 0.771 bits per heavy atom. The van der Waals surface area contributed by atoms with E-state index in [1.165, 1.54) is 80.4 Å². The Bertz CT molecular complexity index is 4120. The van der Waals surface area contributed by atoms with Crippen LogP contribution in [0.4, 0.5) is 17.1 Å². The maximum absolute atomic E-state index is 2.85. The molecule has 70 heavy (non-hydrogen) atoms. The molecule has 0 spiro atoms. The first-order valence-electron chi connectivity index (χ1n) is 24.2. The van der Waals surface area contributed by atoms with Crippen LogP contribution < -0.4 is 25.6 Å². The highest BCUT2D eigenvalue weighted by atomic mass is 28.3. The van der Waals surface area contributed by atoms with E-state index >= 15 is 0 Å². The second kappa shape index (κ2) is 16.1. The molecular weight excluding hydrogens is 863 g/mol. The Labute approximate surface area is 407 Å². The Hall–Kier alpha value is -8.96. The van der Waals surface area contributed by atoms with Crippen LogP contribution in [0.5, 0.6) is 0 Å². The lowest BCUT2D eigenvalue weighted by Gasteiger charge is -2.34. The van der Waals surface area contributed by atoms with Crippen molar-refractivity contribution in [2.45, 2.75) is 0 Å². The summed E-state index contributed by atoms with van der Waals surface area (Å²) in [6, 6.07) is 102. The van der Waals surface area contributed by atoms with Crippen LogP contribution in [0, 0.1) is 0 Å². The van der Waals surface area contributed by atoms with E-state index in [9.17, 15) is 0 Å². The lowest BCUT2D eigenvalue weighted by molar-refractivity contribution is 1.18. The normalized spacial score (nSPS) is 12.0. The number of para-hydroxylation sites is 2. The van der Waals surface area contributed by atoms with Gasteiger partial charge in [0.25, 0.3) is 0 Å². The Morgan fingerprint density at radius 3 is 1.43 bits per heavy atom. The number of nitrogens with zero attached hydrogens (tertiary/aromatic N) is 3. The molecule has 0 atom stereocenters. The fourth-order valence-electron chi connectivity index (χ4n) is 11.8. The zero-order valence-electron chi connectivity index (χ0n) is 38.3. The van der Waals surface area contributed by atoms with Crippen molar-refractivity contribution >= 4 is 111 Å². The van der Waals surface area contributed by atoms with Gasteiger partial charge in [-0.3, -0.25) is 0 Å². The van der Waals surface area contributed by atoms with E-state index < -0.39 is 8.07 Å². The second-order valence-electron chi connectivity index (χ2n) is 18.5. The third-order valence-corrected chi connectivity index (χ3v) is 19.5. The molecule has 14 aromatic rings. The Morgan fingerprint density at radius 1 is 0.271 bits per heavy atom. The predicted octanol–water partition coefficient (Wildman–Crippen LogP) is 14.5. The number of rotatable bonds is 9. The first-order chi connectivity index (χ1) is 34.7. The van der Waals surface area contributed by atoms with E-state index in [0.29, 0.717) is 0 Å². The van der Waals surface area contributed by atoms with Crippen molar-refractivity contribution in [3.63, 3.8) is 0 Å². The van der Waals surface area contributed by atoms with Crippen LogP contribution >= 0.6 is 0 Å². The van der Waals surface area contributed by atoms with Crippen LogP contribution in [0.2, 0.25) is 0 Å². The van der Waals surface area contributed by atoms with E-state index in [2.05, 4.69) is 287 Å². The summed E-state index contributed by atoms with van der Waals surface area (Å²) in [7, 11) is -2.85. The molecule has 0 saturated carbocycles. The molecule has 0 saturated heterocycles. The van der Waals surface area contributed by atoms with E-state index in [1.807, 2.05) is 0 Å². The molecule has 0 amide bonds. The topological polar surface area (TPSA) is 13.1 Å². The predicted molar refractivity (Wildman–Crippen MR) is 300 cm³/mol. The van der Waals surface area contributed by atoms with Gasteiger partial charge in [0.2, 0.25) is 0 Å². The molecule has 3 nitrogen and oxygen atoms in total. The van der Waals surface area contributed by atoms with Crippen molar-refractivity contribution in [3.05, 3.63) is 273 Å². The fraction of sp³-hybridized carbons (Fsp3) is 0. The molecule has 0 aliphatic heterocycles. The van der Waals surface area contributed by atoms with Gasteiger partial charge < -0.3 is 14.0 Å². The number of aromatic nitrogens is 2. The average Bonchev–Trinajstić information content (AvgIpc) is 3.95. The quantitative estimate of drug-likeness (QED) is 0.0799. The second-order valence-corrected chi connectivity index (χ2v) is 22.3. The number of hydrogen-bond acceptors (Lipinski definition) is 1. The first kappa shape index (κ1) is 40.1. The molecule has 14 rings (SSSR count). The van der Waals surface area contributed by atoms with Gasteiger partial charge in [-0.25, -0.2) is 0 Å². The molecule has 2 heterocycles. The first-order valence-corrected chi connectivity index (χ1v) is 26.2. The van der Waals surface area contributed by atoms with Crippen molar-refractivity contribution < 1.29 is 0 Å². The maximum atomic E-state index is 2.54. The lowest BCUT2D eigenvalue weighted by atomic mass is 10.0. The van der Waals surface area contributed by atoms with Crippen LogP contribution in [-0.4, -0.2) is 17.2 Å². The van der Waals surface area contributed by atoms with Gasteiger partial charge in [-0.15, -0.1) is 0 Å². The Kier molecular flexibility index (Phi) is 9.23. The number of hydrogen-bond donors (Lipinski definition) is 0. The standard InChI is InChI=1S/C66H45N3Si/c1-6-23-49(24-7-1)68-61-40-38-51(43-58(61)59-45-56(39-41-62(59)68)70(53-27-10-3-11-28-53,54-29-12-4-13-30-54)55-31-14-5-15-32-55)67(60-34-18-21-46-20-16-17-33-57(46)60)52-42-48-37-36-47-22-19-35-63-65(47)66(48)64(44-52)69(63)50-25-8-2-9-26-50/h1-45H. The summed E-state index contributed by atoms with van der Waals surface area (Å²) in [4.78, 5) is 2.50. The van der Waals surface area contributed by atoms with Gasteiger partial charge >= 0.3 is 0 Å². The third kappa shape index (κ3) is 6.07. The van der Waals surface area contributed by atoms with Crippen molar-refractivity contribution in [1.29, 1.82) is 0 Å². The minimum Gasteiger partial charge on any atom is -0.310 e.